The molecule has 0 aromatic carbocycles. The van der Waals surface area contributed by atoms with Gasteiger partial charge < -0.3 is 10.1 Å². The molecule has 7 nitrogen and oxygen atoms in total. The number of hydrogen-bond acceptors (Lipinski definition) is 7. The van der Waals surface area contributed by atoms with Crippen molar-refractivity contribution in [3.05, 3.63) is 0 Å². The van der Waals surface area contributed by atoms with Gasteiger partial charge >= 0.3 is 6.01 Å². The lowest BCUT2D eigenvalue weighted by atomic mass is 9.86. The van der Waals surface area contributed by atoms with Gasteiger partial charge in [0.05, 0.1) is 6.61 Å². The van der Waals surface area contributed by atoms with E-state index in [1.807, 2.05) is 6.92 Å². The Morgan fingerprint density at radius 2 is 1.95 bits per heavy atom. The normalized spacial score (nSPS) is 22.4. The SMILES string of the molecule is CCCOc1nc(NN)nc(NC2CCCCC2C)n1. The van der Waals surface area contributed by atoms with Crippen LogP contribution in [0, 0.1) is 5.92 Å². The van der Waals surface area contributed by atoms with Crippen LogP contribution in [-0.2, 0) is 0 Å². The Morgan fingerprint density at radius 1 is 1.20 bits per heavy atom. The maximum absolute atomic E-state index is 5.46. The van der Waals surface area contributed by atoms with Crippen LogP contribution < -0.4 is 21.3 Å². The van der Waals surface area contributed by atoms with E-state index in [9.17, 15) is 0 Å². The van der Waals surface area contributed by atoms with Gasteiger partial charge in [-0.3, -0.25) is 5.43 Å². The number of aromatic nitrogens is 3. The smallest absolute Gasteiger partial charge is 0.323 e. The summed E-state index contributed by atoms with van der Waals surface area (Å²) in [6, 6.07) is 0.705. The van der Waals surface area contributed by atoms with Crippen molar-refractivity contribution in [2.24, 2.45) is 11.8 Å². The van der Waals surface area contributed by atoms with E-state index in [-0.39, 0.29) is 0 Å². The molecule has 0 bridgehead atoms. The third kappa shape index (κ3) is 3.93. The van der Waals surface area contributed by atoms with Crippen molar-refractivity contribution >= 4 is 11.9 Å². The van der Waals surface area contributed by atoms with Crippen molar-refractivity contribution in [3.63, 3.8) is 0 Å². The second-order valence-electron chi connectivity index (χ2n) is 5.27. The molecule has 0 amide bonds. The zero-order valence-electron chi connectivity index (χ0n) is 12.2. The summed E-state index contributed by atoms with van der Waals surface area (Å²) in [4.78, 5) is 12.6. The highest BCUT2D eigenvalue weighted by Crippen LogP contribution is 2.26. The van der Waals surface area contributed by atoms with E-state index in [0.717, 1.165) is 12.8 Å². The third-order valence-corrected chi connectivity index (χ3v) is 3.61. The summed E-state index contributed by atoms with van der Waals surface area (Å²) in [5.41, 5.74) is 2.45. The van der Waals surface area contributed by atoms with Crippen LogP contribution in [0.15, 0.2) is 0 Å². The third-order valence-electron chi connectivity index (χ3n) is 3.61. The molecule has 0 saturated heterocycles. The molecule has 1 saturated carbocycles. The van der Waals surface area contributed by atoms with Crippen LogP contribution in [0.25, 0.3) is 0 Å². The van der Waals surface area contributed by atoms with Crippen LogP contribution in [0.4, 0.5) is 11.9 Å². The number of ether oxygens (including phenoxy) is 1. The van der Waals surface area contributed by atoms with Crippen LogP contribution in [0.5, 0.6) is 6.01 Å². The van der Waals surface area contributed by atoms with Crippen LogP contribution >= 0.6 is 0 Å². The van der Waals surface area contributed by atoms with Gasteiger partial charge in [0.15, 0.2) is 0 Å². The Balaban J connectivity index is 2.08. The van der Waals surface area contributed by atoms with E-state index >= 15 is 0 Å². The predicted molar refractivity (Wildman–Crippen MR) is 78.5 cm³/mol. The summed E-state index contributed by atoms with van der Waals surface area (Å²) in [7, 11) is 0. The lowest BCUT2D eigenvalue weighted by Gasteiger charge is -2.29. The summed E-state index contributed by atoms with van der Waals surface area (Å²) >= 11 is 0. The van der Waals surface area contributed by atoms with Gasteiger partial charge in [-0.05, 0) is 25.2 Å². The van der Waals surface area contributed by atoms with Gasteiger partial charge in [-0.2, -0.15) is 15.0 Å². The van der Waals surface area contributed by atoms with Gasteiger partial charge in [0.25, 0.3) is 0 Å². The lowest BCUT2D eigenvalue weighted by Crippen LogP contribution is -2.31. The van der Waals surface area contributed by atoms with E-state index in [4.69, 9.17) is 10.6 Å². The van der Waals surface area contributed by atoms with Gasteiger partial charge in [-0.15, -0.1) is 0 Å². The van der Waals surface area contributed by atoms with Crippen molar-refractivity contribution in [2.75, 3.05) is 17.3 Å². The number of nitrogens with zero attached hydrogens (tertiary/aromatic N) is 3. The first-order valence-electron chi connectivity index (χ1n) is 7.35. The maximum atomic E-state index is 5.46. The Labute approximate surface area is 119 Å². The fraction of sp³-hybridized carbons (Fsp3) is 0.769. The van der Waals surface area contributed by atoms with Gasteiger partial charge in [-0.25, -0.2) is 5.84 Å². The van der Waals surface area contributed by atoms with E-state index in [2.05, 4.69) is 32.6 Å². The van der Waals surface area contributed by atoms with Crippen LogP contribution in [0.3, 0.4) is 0 Å². The summed E-state index contributed by atoms with van der Waals surface area (Å²) < 4.78 is 5.46. The quantitative estimate of drug-likeness (QED) is 0.541. The molecule has 1 aliphatic carbocycles. The molecule has 20 heavy (non-hydrogen) atoms. The molecule has 7 heteroatoms. The molecule has 112 valence electrons. The molecule has 0 spiro atoms. The summed E-state index contributed by atoms with van der Waals surface area (Å²) in [6.45, 7) is 4.87. The monoisotopic (exact) mass is 280 g/mol. The van der Waals surface area contributed by atoms with Crippen LogP contribution in [0.1, 0.15) is 46.0 Å². The van der Waals surface area contributed by atoms with Crippen LogP contribution in [0.2, 0.25) is 0 Å². The molecule has 1 fully saturated rings. The first kappa shape index (κ1) is 14.8. The Kier molecular flexibility index (Phi) is 5.34. The van der Waals surface area contributed by atoms with Crippen molar-refractivity contribution in [1.82, 2.24) is 15.0 Å². The van der Waals surface area contributed by atoms with Crippen LogP contribution in [-0.4, -0.2) is 27.6 Å². The summed E-state index contributed by atoms with van der Waals surface area (Å²) in [5.74, 6) is 6.85. The molecule has 1 aromatic heterocycles. The van der Waals surface area contributed by atoms with E-state index in [0.29, 0.717) is 36.5 Å². The average molecular weight is 280 g/mol. The summed E-state index contributed by atoms with van der Waals surface area (Å²) in [6.07, 6.45) is 5.83. The van der Waals surface area contributed by atoms with Crippen molar-refractivity contribution in [3.8, 4) is 6.01 Å². The van der Waals surface area contributed by atoms with Gasteiger partial charge in [0, 0.05) is 6.04 Å². The van der Waals surface area contributed by atoms with E-state index < -0.39 is 0 Å². The highest BCUT2D eigenvalue weighted by molar-refractivity contribution is 5.36. The van der Waals surface area contributed by atoms with E-state index in [1.165, 1.54) is 19.3 Å². The topological polar surface area (TPSA) is 98.0 Å². The molecular formula is C13H24N6O. The molecule has 2 atom stereocenters. The number of hydrogen-bond donors (Lipinski definition) is 3. The van der Waals surface area contributed by atoms with Gasteiger partial charge in [-0.1, -0.05) is 26.7 Å². The first-order chi connectivity index (χ1) is 9.72. The zero-order chi connectivity index (χ0) is 14.4. The molecular weight excluding hydrogens is 256 g/mol. The minimum atomic E-state index is 0.306. The minimum absolute atomic E-state index is 0.306. The molecule has 0 aliphatic heterocycles. The number of nitrogens with one attached hydrogen (secondary N) is 2. The number of anilines is 2. The van der Waals surface area contributed by atoms with E-state index in [1.54, 1.807) is 0 Å². The highest BCUT2D eigenvalue weighted by atomic mass is 16.5. The minimum Gasteiger partial charge on any atom is -0.463 e. The first-order valence-corrected chi connectivity index (χ1v) is 7.35. The number of nitrogens with two attached hydrogens (primary N) is 1. The molecule has 1 aliphatic rings. The van der Waals surface area contributed by atoms with Crippen molar-refractivity contribution < 1.29 is 4.74 Å². The highest BCUT2D eigenvalue weighted by Gasteiger charge is 2.22. The second-order valence-corrected chi connectivity index (χ2v) is 5.27. The molecule has 0 radical (unpaired) electrons. The zero-order valence-corrected chi connectivity index (χ0v) is 12.2. The largest absolute Gasteiger partial charge is 0.463 e. The number of nitrogen functional groups attached to an aromatic ring is 1. The second kappa shape index (κ2) is 7.23. The predicted octanol–water partition coefficient (Wildman–Crippen LogP) is 1.94. The number of rotatable bonds is 6. The molecule has 2 rings (SSSR count). The fourth-order valence-corrected chi connectivity index (χ4v) is 2.44. The van der Waals surface area contributed by atoms with Crippen molar-refractivity contribution in [2.45, 2.75) is 52.0 Å². The average Bonchev–Trinajstić information content (AvgIpc) is 2.47. The molecule has 4 N–H and O–H groups in total. The maximum Gasteiger partial charge on any atom is 0.323 e. The van der Waals surface area contributed by atoms with Gasteiger partial charge in [0.2, 0.25) is 11.9 Å². The standard InChI is InChI=1S/C13H24N6O/c1-3-8-20-13-17-11(16-12(18-13)19-14)15-10-7-5-4-6-9(10)2/h9-10H,3-8,14H2,1-2H3,(H2,15,16,17,18,19). The fourth-order valence-electron chi connectivity index (χ4n) is 2.44. The Bertz CT molecular complexity index is 427. The molecule has 2 unspecified atom stereocenters. The molecule has 1 heterocycles. The number of hydrazine groups is 1. The summed E-state index contributed by atoms with van der Waals surface area (Å²) in [5, 5.41) is 3.38. The Hall–Kier alpha value is -1.63. The van der Waals surface area contributed by atoms with Crippen molar-refractivity contribution in [1.29, 1.82) is 0 Å². The Morgan fingerprint density at radius 3 is 2.65 bits per heavy atom. The lowest BCUT2D eigenvalue weighted by molar-refractivity contribution is 0.291. The molecule has 1 aromatic rings. The van der Waals surface area contributed by atoms with Gasteiger partial charge in [0.1, 0.15) is 0 Å².